The molecule has 0 bridgehead atoms. The Morgan fingerprint density at radius 2 is 0.408 bits per heavy atom. The van der Waals surface area contributed by atoms with Crippen LogP contribution in [0.4, 0.5) is 52.0 Å². The van der Waals surface area contributed by atoms with E-state index in [1.54, 1.807) is 0 Å². The standard InChI is InChI=1S/C50H31N3O2.C47H33N3O.C38H27N3/c1-2-12-34(13-3-1)47-43-16-4-7-21-44(43)51-50(52-47)53(35-28-24-32(25-29-35)37-17-10-19-41-39-14-5-8-22-45(39)54-48(37)41)36-30-26-33(27-31-36)38-18-11-20-42-40-15-6-9-23-46(40)55-49(38)42;1-47(2)40-20-9-6-15-35(40)36-28-27-33(29-41(36)47)50(46-48-42-21-10-7-17-39(42)44(49-46)31-13-4-3-5-14-31)32-25-23-30(24-26-32)34-18-12-19-38-37-16-8-11-22-43(37)51-45(34)38;1-4-12-28(13-5-1)30-20-24-33(25-21-30)41(34-26-22-31(23-27-34)29-14-6-2-7-15-29)38-39-36-19-11-10-18-35(36)37(40-38)32-16-8-3-9-17-32/h1-31H;3-29H,1-2H3;1-27H. The van der Waals surface area contributed by atoms with E-state index in [1.807, 2.05) is 121 Å². The van der Waals surface area contributed by atoms with Gasteiger partial charge in [0.25, 0.3) is 0 Å². The largest absolute Gasteiger partial charge is 0.455 e. The Bertz CT molecular complexity index is 9380. The molecule has 0 fully saturated rings. The van der Waals surface area contributed by atoms with Gasteiger partial charge >= 0.3 is 0 Å². The summed E-state index contributed by atoms with van der Waals surface area (Å²) < 4.78 is 19.2. The number of fused-ring (bicyclic) bond motifs is 15. The Morgan fingerprint density at radius 1 is 0.170 bits per heavy atom. The molecule has 28 rings (SSSR count). The minimum Gasteiger partial charge on any atom is -0.455 e. The van der Waals surface area contributed by atoms with Crippen LogP contribution in [0.25, 0.3) is 199 Å². The molecule has 147 heavy (non-hydrogen) atoms. The van der Waals surface area contributed by atoms with Crippen molar-refractivity contribution in [2.75, 3.05) is 14.7 Å². The second kappa shape index (κ2) is 37.5. The molecule has 0 spiro atoms. The van der Waals surface area contributed by atoms with E-state index in [2.05, 4.69) is 423 Å². The third-order valence-electron chi connectivity index (χ3n) is 28.3. The Balaban J connectivity index is 0.000000113. The average Bonchev–Trinajstić information content (AvgIpc) is 1.58. The van der Waals surface area contributed by atoms with Crippen molar-refractivity contribution in [1.29, 1.82) is 0 Å². The fraction of sp³-hybridized carbons (Fsp3) is 0.0222. The van der Waals surface area contributed by atoms with Gasteiger partial charge < -0.3 is 13.3 Å². The molecule has 0 N–H and O–H groups in total. The Kier molecular flexibility index (Phi) is 22.3. The van der Waals surface area contributed by atoms with Gasteiger partial charge in [-0.15, -0.1) is 0 Å². The Labute approximate surface area is 849 Å². The molecule has 1 aliphatic carbocycles. The first kappa shape index (κ1) is 87.7. The van der Waals surface area contributed by atoms with E-state index in [-0.39, 0.29) is 5.41 Å². The third kappa shape index (κ3) is 16.3. The summed E-state index contributed by atoms with van der Waals surface area (Å²) in [7, 11) is 0. The van der Waals surface area contributed by atoms with Gasteiger partial charge in [-0.05, 0) is 170 Å². The van der Waals surface area contributed by atoms with Gasteiger partial charge in [-0.2, -0.15) is 0 Å². The van der Waals surface area contributed by atoms with E-state index in [0.717, 1.165) is 211 Å². The quantitative estimate of drug-likeness (QED) is 0.0861. The number of benzene rings is 21. The van der Waals surface area contributed by atoms with Crippen molar-refractivity contribution >= 4 is 150 Å². The summed E-state index contributed by atoms with van der Waals surface area (Å²) in [6.45, 7) is 4.64. The van der Waals surface area contributed by atoms with Crippen LogP contribution in [0.15, 0.2) is 529 Å². The van der Waals surface area contributed by atoms with Crippen LogP contribution in [0.3, 0.4) is 0 Å². The van der Waals surface area contributed by atoms with Gasteiger partial charge in [-0.3, -0.25) is 14.7 Å². The summed E-state index contributed by atoms with van der Waals surface area (Å²) in [5.74, 6) is 1.83. The van der Waals surface area contributed by atoms with E-state index in [9.17, 15) is 0 Å². The molecule has 0 aliphatic heterocycles. The van der Waals surface area contributed by atoms with Crippen LogP contribution in [-0.2, 0) is 5.41 Å². The van der Waals surface area contributed by atoms with Gasteiger partial charge in [0.15, 0.2) is 0 Å². The van der Waals surface area contributed by atoms with Crippen LogP contribution in [0, 0.1) is 0 Å². The number of hydrogen-bond donors (Lipinski definition) is 0. The van der Waals surface area contributed by atoms with E-state index in [1.165, 1.54) is 33.4 Å². The molecule has 0 amide bonds. The molecule has 0 radical (unpaired) electrons. The predicted octanol–water partition coefficient (Wildman–Crippen LogP) is 36.6. The smallest absolute Gasteiger partial charge is 0.235 e. The van der Waals surface area contributed by atoms with Crippen molar-refractivity contribution in [3.05, 3.63) is 527 Å². The van der Waals surface area contributed by atoms with Crippen LogP contribution in [0.1, 0.15) is 25.0 Å². The molecule has 0 unspecified atom stereocenters. The maximum absolute atomic E-state index is 6.41. The van der Waals surface area contributed by atoms with Crippen molar-refractivity contribution in [2.24, 2.45) is 0 Å². The summed E-state index contributed by atoms with van der Waals surface area (Å²) in [5, 5.41) is 9.74. The maximum atomic E-state index is 6.41. The minimum atomic E-state index is -0.151. The molecule has 694 valence electrons. The van der Waals surface area contributed by atoms with Crippen molar-refractivity contribution in [2.45, 2.75) is 19.3 Å². The SMILES string of the molecule is CC1(C)c2ccccc2-c2ccc(N(c3ccc(-c4cccc5c4oc4ccccc45)cc3)c3nc(-c4ccccc4)c4ccccc4n3)cc21.c1ccc(-c2ccc(N(c3ccc(-c4ccccc4)cc3)c3nc(-c4ccccc4)c4ccccc4n3)cc2)cc1.c1ccc(-c2nc(N(c3ccc(-c4cccc5c4oc4ccccc45)cc3)c3ccc(-c4cccc5c4oc4ccccc45)cc3)nc3ccccc23)cc1. The van der Waals surface area contributed by atoms with E-state index < -0.39 is 0 Å². The van der Waals surface area contributed by atoms with Crippen molar-refractivity contribution in [1.82, 2.24) is 29.9 Å². The molecular formula is C135H91N9O3. The number of hydrogen-bond acceptors (Lipinski definition) is 12. The molecule has 12 nitrogen and oxygen atoms in total. The Morgan fingerprint density at radius 3 is 0.741 bits per heavy atom. The lowest BCUT2D eigenvalue weighted by atomic mass is 9.82. The third-order valence-corrected chi connectivity index (χ3v) is 28.3. The average molecular weight is 1890 g/mol. The minimum absolute atomic E-state index is 0.151. The van der Waals surface area contributed by atoms with Crippen LogP contribution < -0.4 is 14.7 Å². The van der Waals surface area contributed by atoms with E-state index in [4.69, 9.17) is 43.2 Å². The first-order chi connectivity index (χ1) is 72.6. The first-order valence-electron chi connectivity index (χ1n) is 49.6. The number of furan rings is 3. The maximum Gasteiger partial charge on any atom is 0.235 e. The first-order valence-corrected chi connectivity index (χ1v) is 49.6. The van der Waals surface area contributed by atoms with Gasteiger partial charge in [0, 0.05) is 121 Å². The van der Waals surface area contributed by atoms with E-state index in [0.29, 0.717) is 17.8 Å². The summed E-state index contributed by atoms with van der Waals surface area (Å²) >= 11 is 0. The summed E-state index contributed by atoms with van der Waals surface area (Å²) in [6, 6.07) is 179. The second-order valence-electron chi connectivity index (χ2n) is 37.5. The molecule has 0 saturated heterocycles. The monoisotopic (exact) mass is 1890 g/mol. The molecular weight excluding hydrogens is 1800 g/mol. The van der Waals surface area contributed by atoms with Crippen molar-refractivity contribution in [3.63, 3.8) is 0 Å². The second-order valence-corrected chi connectivity index (χ2v) is 37.5. The van der Waals surface area contributed by atoms with Crippen LogP contribution in [0.5, 0.6) is 0 Å². The van der Waals surface area contributed by atoms with Gasteiger partial charge in [-0.1, -0.05) is 420 Å². The van der Waals surface area contributed by atoms with E-state index >= 15 is 0 Å². The van der Waals surface area contributed by atoms with Gasteiger partial charge in [0.1, 0.15) is 33.5 Å². The van der Waals surface area contributed by atoms with Gasteiger partial charge in [-0.25, -0.2) is 29.9 Å². The highest BCUT2D eigenvalue weighted by atomic mass is 16.3. The van der Waals surface area contributed by atoms with Gasteiger partial charge in [0.05, 0.1) is 33.6 Å². The lowest BCUT2D eigenvalue weighted by Crippen LogP contribution is -2.17. The Hall–Kier alpha value is -19.6. The fourth-order valence-corrected chi connectivity index (χ4v) is 21.1. The fourth-order valence-electron chi connectivity index (χ4n) is 21.1. The molecule has 1 aliphatic rings. The predicted molar refractivity (Wildman–Crippen MR) is 606 cm³/mol. The molecule has 0 saturated carbocycles. The van der Waals surface area contributed by atoms with Crippen molar-refractivity contribution in [3.8, 4) is 101 Å². The highest BCUT2D eigenvalue weighted by Gasteiger charge is 2.37. The number of para-hydroxylation sites is 9. The zero-order chi connectivity index (χ0) is 97.8. The summed E-state index contributed by atoms with van der Waals surface area (Å²) in [5.41, 5.74) is 35.8. The van der Waals surface area contributed by atoms with Crippen LogP contribution in [-0.4, -0.2) is 29.9 Å². The summed E-state index contributed by atoms with van der Waals surface area (Å²) in [6.07, 6.45) is 0. The van der Waals surface area contributed by atoms with Crippen LogP contribution >= 0.6 is 0 Å². The highest BCUT2D eigenvalue weighted by molar-refractivity contribution is 6.13. The van der Waals surface area contributed by atoms with Crippen LogP contribution in [0.2, 0.25) is 0 Å². The number of nitrogens with zero attached hydrogens (tertiary/aromatic N) is 9. The van der Waals surface area contributed by atoms with Crippen molar-refractivity contribution < 1.29 is 13.3 Å². The molecule has 0 atom stereocenters. The normalized spacial score (nSPS) is 11.9. The zero-order valence-electron chi connectivity index (χ0n) is 80.3. The lowest BCUT2D eigenvalue weighted by molar-refractivity contribution is 0.660. The topological polar surface area (TPSA) is 126 Å². The lowest BCUT2D eigenvalue weighted by Gasteiger charge is -2.27. The number of anilines is 9. The molecule has 12 heteroatoms. The zero-order valence-corrected chi connectivity index (χ0v) is 80.3. The summed E-state index contributed by atoms with van der Waals surface area (Å²) in [4.78, 5) is 37.8. The number of rotatable bonds is 17. The number of aromatic nitrogens is 6. The highest BCUT2D eigenvalue weighted by Crippen LogP contribution is 2.53. The molecule has 6 aromatic heterocycles. The molecule has 27 aromatic rings. The molecule has 21 aromatic carbocycles. The molecule has 6 heterocycles. The van der Waals surface area contributed by atoms with Gasteiger partial charge in [0.2, 0.25) is 17.8 Å².